The molecule has 0 amide bonds. The Kier molecular flexibility index (Phi) is 2.02. The lowest BCUT2D eigenvalue weighted by molar-refractivity contribution is 0.747. The summed E-state index contributed by atoms with van der Waals surface area (Å²) in [5.74, 6) is 0. The van der Waals surface area contributed by atoms with E-state index in [2.05, 4.69) is 10.2 Å². The molecule has 4 heteroatoms. The van der Waals surface area contributed by atoms with E-state index in [-0.39, 0.29) is 0 Å². The van der Waals surface area contributed by atoms with E-state index in [9.17, 15) is 0 Å². The molecule has 0 saturated heterocycles. The average molecular weight is 194 g/mol. The molecular formula is C9H8ClN3. The first-order chi connectivity index (χ1) is 6.27. The number of aryl methyl sites for hydroxylation is 1. The Hall–Kier alpha value is -1.35. The Labute approximate surface area is 81.0 Å². The third kappa shape index (κ3) is 1.55. The highest BCUT2D eigenvalue weighted by atomic mass is 35.5. The van der Waals surface area contributed by atoms with E-state index < -0.39 is 0 Å². The van der Waals surface area contributed by atoms with Gasteiger partial charge in [-0.15, -0.1) is 0 Å². The summed E-state index contributed by atoms with van der Waals surface area (Å²) < 4.78 is 0. The molecule has 1 aromatic heterocycles. The van der Waals surface area contributed by atoms with Gasteiger partial charge in [0, 0.05) is 5.02 Å². The van der Waals surface area contributed by atoms with Gasteiger partial charge in [-0.3, -0.25) is 0 Å². The van der Waals surface area contributed by atoms with Crippen molar-refractivity contribution in [2.24, 2.45) is 0 Å². The van der Waals surface area contributed by atoms with E-state index in [1.165, 1.54) is 0 Å². The van der Waals surface area contributed by atoms with Crippen molar-refractivity contribution in [1.82, 2.24) is 15.0 Å². The minimum Gasteiger partial charge on any atom is -0.157 e. The summed E-state index contributed by atoms with van der Waals surface area (Å²) in [5, 5.41) is 8.81. The van der Waals surface area contributed by atoms with Gasteiger partial charge in [0.25, 0.3) is 0 Å². The van der Waals surface area contributed by atoms with Crippen LogP contribution in [0.5, 0.6) is 0 Å². The van der Waals surface area contributed by atoms with Gasteiger partial charge in [-0.25, -0.2) is 0 Å². The molecule has 0 atom stereocenters. The molecule has 0 aliphatic rings. The highest BCUT2D eigenvalue weighted by molar-refractivity contribution is 6.30. The molecule has 3 nitrogen and oxygen atoms in total. The molecule has 2 aromatic rings. The summed E-state index contributed by atoms with van der Waals surface area (Å²) in [6.45, 7) is 1.98. The predicted octanol–water partition coefficient (Wildman–Crippen LogP) is 2.23. The van der Waals surface area contributed by atoms with Crippen LogP contribution in [0.2, 0.25) is 5.02 Å². The lowest BCUT2D eigenvalue weighted by atomic mass is 10.2. The zero-order valence-corrected chi connectivity index (χ0v) is 7.86. The van der Waals surface area contributed by atoms with Crippen molar-refractivity contribution in [2.75, 3.05) is 0 Å². The van der Waals surface area contributed by atoms with Crippen molar-refractivity contribution < 1.29 is 0 Å². The van der Waals surface area contributed by atoms with Crippen molar-refractivity contribution in [3.05, 3.63) is 41.2 Å². The van der Waals surface area contributed by atoms with Gasteiger partial charge in [0.15, 0.2) is 0 Å². The van der Waals surface area contributed by atoms with Crippen molar-refractivity contribution in [3.63, 3.8) is 0 Å². The fraction of sp³-hybridized carbons (Fsp3) is 0.111. The molecule has 0 saturated carbocycles. The molecule has 2 rings (SSSR count). The smallest absolute Gasteiger partial charge is 0.0886 e. The quantitative estimate of drug-likeness (QED) is 0.696. The summed E-state index contributed by atoms with van der Waals surface area (Å²) in [6.07, 6.45) is 3.29. The van der Waals surface area contributed by atoms with E-state index in [1.54, 1.807) is 17.2 Å². The third-order valence-electron chi connectivity index (χ3n) is 1.79. The van der Waals surface area contributed by atoms with Crippen molar-refractivity contribution >= 4 is 11.6 Å². The second-order valence-electron chi connectivity index (χ2n) is 2.75. The largest absolute Gasteiger partial charge is 0.157 e. The molecule has 0 bridgehead atoms. The Balaban J connectivity index is 2.53. The van der Waals surface area contributed by atoms with Crippen LogP contribution in [-0.2, 0) is 0 Å². The van der Waals surface area contributed by atoms with Crippen LogP contribution in [-0.4, -0.2) is 15.0 Å². The molecule has 0 fully saturated rings. The molecule has 0 aliphatic carbocycles. The van der Waals surface area contributed by atoms with Crippen LogP contribution in [0.15, 0.2) is 30.6 Å². The van der Waals surface area contributed by atoms with Crippen LogP contribution in [0.25, 0.3) is 5.69 Å². The molecule has 0 radical (unpaired) electrons. The first-order valence-corrected chi connectivity index (χ1v) is 4.28. The van der Waals surface area contributed by atoms with Gasteiger partial charge >= 0.3 is 0 Å². The highest BCUT2D eigenvalue weighted by Gasteiger charge is 2.01. The number of rotatable bonds is 1. The monoisotopic (exact) mass is 193 g/mol. The number of halogens is 1. The molecule has 0 spiro atoms. The second-order valence-corrected chi connectivity index (χ2v) is 3.19. The van der Waals surface area contributed by atoms with E-state index in [0.29, 0.717) is 0 Å². The summed E-state index contributed by atoms with van der Waals surface area (Å²) >= 11 is 5.83. The van der Waals surface area contributed by atoms with Crippen LogP contribution < -0.4 is 0 Å². The third-order valence-corrected chi connectivity index (χ3v) is 2.03. The summed E-state index contributed by atoms with van der Waals surface area (Å²) in [6, 6.07) is 5.62. The number of nitrogens with zero attached hydrogens (tertiary/aromatic N) is 3. The van der Waals surface area contributed by atoms with Gasteiger partial charge in [0.05, 0.1) is 18.1 Å². The number of aromatic nitrogens is 3. The van der Waals surface area contributed by atoms with E-state index in [1.807, 2.05) is 25.1 Å². The van der Waals surface area contributed by atoms with Gasteiger partial charge < -0.3 is 0 Å². The van der Waals surface area contributed by atoms with Crippen LogP contribution >= 0.6 is 11.6 Å². The van der Waals surface area contributed by atoms with Gasteiger partial charge in [0.1, 0.15) is 0 Å². The lowest BCUT2D eigenvalue weighted by Crippen LogP contribution is -2.00. The number of hydrogen-bond acceptors (Lipinski definition) is 2. The van der Waals surface area contributed by atoms with E-state index in [0.717, 1.165) is 16.3 Å². The van der Waals surface area contributed by atoms with Gasteiger partial charge in [-0.05, 0) is 30.7 Å². The van der Waals surface area contributed by atoms with Gasteiger partial charge in [-0.1, -0.05) is 11.6 Å². The maximum Gasteiger partial charge on any atom is 0.0886 e. The van der Waals surface area contributed by atoms with Gasteiger partial charge in [0.2, 0.25) is 0 Å². The first kappa shape index (κ1) is 8.26. The van der Waals surface area contributed by atoms with E-state index >= 15 is 0 Å². The second kappa shape index (κ2) is 3.18. The minimum absolute atomic E-state index is 0.730. The molecule has 1 aromatic carbocycles. The number of benzene rings is 1. The molecule has 0 N–H and O–H groups in total. The zero-order valence-electron chi connectivity index (χ0n) is 7.11. The predicted molar refractivity (Wildman–Crippen MR) is 51.1 cm³/mol. The van der Waals surface area contributed by atoms with Gasteiger partial charge in [-0.2, -0.15) is 15.0 Å². The van der Waals surface area contributed by atoms with Crippen molar-refractivity contribution in [3.8, 4) is 5.69 Å². The topological polar surface area (TPSA) is 30.7 Å². The Morgan fingerprint density at radius 1 is 1.23 bits per heavy atom. The lowest BCUT2D eigenvalue weighted by Gasteiger charge is -2.03. The average Bonchev–Trinajstić information content (AvgIpc) is 2.56. The van der Waals surface area contributed by atoms with Crippen LogP contribution in [0, 0.1) is 6.92 Å². The highest BCUT2D eigenvalue weighted by Crippen LogP contribution is 2.16. The molecule has 13 heavy (non-hydrogen) atoms. The molecule has 1 heterocycles. The normalized spacial score (nSPS) is 10.3. The van der Waals surface area contributed by atoms with Crippen LogP contribution in [0.1, 0.15) is 5.56 Å². The van der Waals surface area contributed by atoms with Crippen LogP contribution in [0.3, 0.4) is 0 Å². The SMILES string of the molecule is Cc1cc(Cl)ccc1-n1nccn1. The maximum atomic E-state index is 5.83. The standard InChI is InChI=1S/C9H8ClN3/c1-7-6-8(10)2-3-9(7)13-11-4-5-12-13/h2-6H,1H3. The Morgan fingerprint density at radius 2 is 1.92 bits per heavy atom. The Morgan fingerprint density at radius 3 is 2.54 bits per heavy atom. The summed E-state index contributed by atoms with van der Waals surface area (Å²) in [4.78, 5) is 1.58. The fourth-order valence-corrected chi connectivity index (χ4v) is 1.41. The summed E-state index contributed by atoms with van der Waals surface area (Å²) in [5.41, 5.74) is 2.01. The molecule has 66 valence electrons. The molecular weight excluding hydrogens is 186 g/mol. The van der Waals surface area contributed by atoms with Crippen molar-refractivity contribution in [2.45, 2.75) is 6.92 Å². The maximum absolute atomic E-state index is 5.83. The number of hydrogen-bond donors (Lipinski definition) is 0. The first-order valence-electron chi connectivity index (χ1n) is 3.90. The molecule has 0 aliphatic heterocycles. The van der Waals surface area contributed by atoms with Crippen molar-refractivity contribution in [1.29, 1.82) is 0 Å². The minimum atomic E-state index is 0.730. The molecule has 0 unspecified atom stereocenters. The zero-order chi connectivity index (χ0) is 9.26. The Bertz CT molecular complexity index is 409. The fourth-order valence-electron chi connectivity index (χ4n) is 1.18. The van der Waals surface area contributed by atoms with Crippen LogP contribution in [0.4, 0.5) is 0 Å². The summed E-state index contributed by atoms with van der Waals surface area (Å²) in [7, 11) is 0. The van der Waals surface area contributed by atoms with E-state index in [4.69, 9.17) is 11.6 Å².